The van der Waals surface area contributed by atoms with Crippen LogP contribution >= 0.6 is 11.8 Å². The Kier molecular flexibility index (Phi) is 5.00. The van der Waals surface area contributed by atoms with Crippen molar-refractivity contribution in [3.8, 4) is 11.5 Å². The van der Waals surface area contributed by atoms with Gasteiger partial charge in [0.05, 0.1) is 25.5 Å². The molecule has 2 aromatic carbocycles. The SMILES string of the molecule is COc1cccc(OC)c1C1SCC(=O)N1Cc1cccc(C)c1. The van der Waals surface area contributed by atoms with E-state index in [1.807, 2.05) is 29.2 Å². The molecule has 0 spiro atoms. The molecule has 3 rings (SSSR count). The van der Waals surface area contributed by atoms with E-state index in [0.29, 0.717) is 12.3 Å². The van der Waals surface area contributed by atoms with Crippen LogP contribution in [0.5, 0.6) is 11.5 Å². The second-order valence-corrected chi connectivity index (χ2v) is 6.82. The number of carbonyl (C=O) groups is 1. The summed E-state index contributed by atoms with van der Waals surface area (Å²) >= 11 is 1.61. The molecule has 0 saturated carbocycles. The maximum absolute atomic E-state index is 12.5. The first kappa shape index (κ1) is 16.7. The van der Waals surface area contributed by atoms with Gasteiger partial charge in [0.1, 0.15) is 16.9 Å². The first-order valence-electron chi connectivity index (χ1n) is 7.81. The van der Waals surface area contributed by atoms with Crippen LogP contribution in [0.3, 0.4) is 0 Å². The second kappa shape index (κ2) is 7.18. The second-order valence-electron chi connectivity index (χ2n) is 5.75. The monoisotopic (exact) mass is 343 g/mol. The standard InChI is InChI=1S/C19H21NO3S/c1-13-6-4-7-14(10-13)11-20-17(21)12-24-19(20)18-15(22-2)8-5-9-16(18)23-3/h4-10,19H,11-12H2,1-3H3. The average Bonchev–Trinajstić information content (AvgIpc) is 2.94. The van der Waals surface area contributed by atoms with E-state index in [-0.39, 0.29) is 11.3 Å². The van der Waals surface area contributed by atoms with Gasteiger partial charge in [-0.3, -0.25) is 4.79 Å². The molecule has 0 N–H and O–H groups in total. The molecule has 0 aliphatic carbocycles. The number of hydrogen-bond acceptors (Lipinski definition) is 4. The molecular formula is C19H21NO3S. The fraction of sp³-hybridized carbons (Fsp3) is 0.316. The van der Waals surface area contributed by atoms with Crippen molar-refractivity contribution in [3.63, 3.8) is 0 Å². The number of rotatable bonds is 5. The molecule has 1 fully saturated rings. The van der Waals surface area contributed by atoms with Crippen LogP contribution in [0, 0.1) is 6.92 Å². The van der Waals surface area contributed by atoms with Crippen molar-refractivity contribution < 1.29 is 14.3 Å². The molecule has 126 valence electrons. The predicted octanol–water partition coefficient (Wildman–Crippen LogP) is 3.79. The Morgan fingerprint density at radius 2 is 1.79 bits per heavy atom. The van der Waals surface area contributed by atoms with Crippen LogP contribution in [0.2, 0.25) is 0 Å². The van der Waals surface area contributed by atoms with Gasteiger partial charge in [-0.15, -0.1) is 11.8 Å². The minimum Gasteiger partial charge on any atom is -0.496 e. The molecule has 0 aromatic heterocycles. The van der Waals surface area contributed by atoms with E-state index in [0.717, 1.165) is 22.6 Å². The molecule has 0 bridgehead atoms. The Hall–Kier alpha value is -2.14. The fourth-order valence-corrected chi connectivity index (χ4v) is 4.23. The van der Waals surface area contributed by atoms with Crippen LogP contribution in [0.15, 0.2) is 42.5 Å². The van der Waals surface area contributed by atoms with Crippen molar-refractivity contribution in [2.24, 2.45) is 0 Å². The molecule has 1 unspecified atom stereocenters. The number of methoxy groups -OCH3 is 2. The summed E-state index contributed by atoms with van der Waals surface area (Å²) in [7, 11) is 3.29. The minimum absolute atomic E-state index is 0.107. The summed E-state index contributed by atoms with van der Waals surface area (Å²) in [5.41, 5.74) is 3.24. The average molecular weight is 343 g/mol. The molecule has 2 aromatic rings. The lowest BCUT2D eigenvalue weighted by Crippen LogP contribution is -2.28. The van der Waals surface area contributed by atoms with Crippen LogP contribution in [0.1, 0.15) is 22.1 Å². The number of thioether (sulfide) groups is 1. The van der Waals surface area contributed by atoms with E-state index in [1.54, 1.807) is 26.0 Å². The van der Waals surface area contributed by atoms with Crippen molar-refractivity contribution in [2.45, 2.75) is 18.8 Å². The fourth-order valence-electron chi connectivity index (χ4n) is 2.99. The van der Waals surface area contributed by atoms with E-state index in [4.69, 9.17) is 9.47 Å². The van der Waals surface area contributed by atoms with E-state index < -0.39 is 0 Å². The zero-order chi connectivity index (χ0) is 17.1. The van der Waals surface area contributed by atoms with Crippen LogP contribution in [0.4, 0.5) is 0 Å². The molecule has 1 amide bonds. The Labute approximate surface area is 146 Å². The maximum Gasteiger partial charge on any atom is 0.234 e. The first-order valence-corrected chi connectivity index (χ1v) is 8.86. The summed E-state index contributed by atoms with van der Waals surface area (Å²) in [6.45, 7) is 2.64. The maximum atomic E-state index is 12.5. The minimum atomic E-state index is -0.107. The number of aryl methyl sites for hydroxylation is 1. The number of benzene rings is 2. The summed E-state index contributed by atoms with van der Waals surface area (Å²) in [6, 6.07) is 14.0. The van der Waals surface area contributed by atoms with E-state index in [1.165, 1.54) is 5.56 Å². The van der Waals surface area contributed by atoms with Crippen molar-refractivity contribution in [3.05, 3.63) is 59.2 Å². The Bertz CT molecular complexity index is 725. The molecule has 24 heavy (non-hydrogen) atoms. The molecule has 5 heteroatoms. The molecule has 4 nitrogen and oxygen atoms in total. The zero-order valence-corrected chi connectivity index (χ0v) is 14.9. The number of hydrogen-bond donors (Lipinski definition) is 0. The Morgan fingerprint density at radius 3 is 2.42 bits per heavy atom. The van der Waals surface area contributed by atoms with Gasteiger partial charge in [0.2, 0.25) is 5.91 Å². The highest BCUT2D eigenvalue weighted by Gasteiger charge is 2.36. The molecule has 1 heterocycles. The third-order valence-corrected chi connectivity index (χ3v) is 5.34. The van der Waals surface area contributed by atoms with Gasteiger partial charge in [0.25, 0.3) is 0 Å². The lowest BCUT2D eigenvalue weighted by Gasteiger charge is -2.27. The summed E-state index contributed by atoms with van der Waals surface area (Å²) in [5.74, 6) is 2.10. The van der Waals surface area contributed by atoms with Gasteiger partial charge in [-0.2, -0.15) is 0 Å². The Morgan fingerprint density at radius 1 is 1.12 bits per heavy atom. The smallest absolute Gasteiger partial charge is 0.234 e. The zero-order valence-electron chi connectivity index (χ0n) is 14.1. The Balaban J connectivity index is 1.97. The number of carbonyl (C=O) groups excluding carboxylic acids is 1. The molecule has 1 aliphatic rings. The van der Waals surface area contributed by atoms with Gasteiger partial charge in [0, 0.05) is 6.54 Å². The topological polar surface area (TPSA) is 38.8 Å². The van der Waals surface area contributed by atoms with Gasteiger partial charge in [-0.25, -0.2) is 0 Å². The quantitative estimate of drug-likeness (QED) is 0.828. The van der Waals surface area contributed by atoms with Crippen LogP contribution < -0.4 is 9.47 Å². The third-order valence-electron chi connectivity index (χ3n) is 4.12. The highest BCUT2D eigenvalue weighted by molar-refractivity contribution is 8.00. The van der Waals surface area contributed by atoms with Crippen LogP contribution in [-0.4, -0.2) is 30.8 Å². The summed E-state index contributed by atoms with van der Waals surface area (Å²) in [6.07, 6.45) is 0. The highest BCUT2D eigenvalue weighted by atomic mass is 32.2. The van der Waals surface area contributed by atoms with Crippen LogP contribution in [0.25, 0.3) is 0 Å². The van der Waals surface area contributed by atoms with E-state index in [2.05, 4.69) is 25.1 Å². The first-order chi connectivity index (χ1) is 11.6. The lowest BCUT2D eigenvalue weighted by atomic mass is 10.1. The largest absolute Gasteiger partial charge is 0.496 e. The van der Waals surface area contributed by atoms with Gasteiger partial charge >= 0.3 is 0 Å². The molecule has 1 saturated heterocycles. The van der Waals surface area contributed by atoms with E-state index >= 15 is 0 Å². The summed E-state index contributed by atoms with van der Waals surface area (Å²) in [5, 5.41) is -0.107. The van der Waals surface area contributed by atoms with Gasteiger partial charge in [-0.05, 0) is 24.6 Å². The van der Waals surface area contributed by atoms with Crippen molar-refractivity contribution in [2.75, 3.05) is 20.0 Å². The van der Waals surface area contributed by atoms with Crippen molar-refractivity contribution in [1.29, 1.82) is 0 Å². The lowest BCUT2D eigenvalue weighted by molar-refractivity contribution is -0.128. The van der Waals surface area contributed by atoms with E-state index in [9.17, 15) is 4.79 Å². The van der Waals surface area contributed by atoms with Gasteiger partial charge in [0.15, 0.2) is 0 Å². The van der Waals surface area contributed by atoms with Gasteiger partial charge in [-0.1, -0.05) is 35.9 Å². The predicted molar refractivity (Wildman–Crippen MR) is 96.5 cm³/mol. The highest BCUT2D eigenvalue weighted by Crippen LogP contribution is 2.47. The molecular weight excluding hydrogens is 322 g/mol. The molecule has 1 aliphatic heterocycles. The number of ether oxygens (including phenoxy) is 2. The summed E-state index contributed by atoms with van der Waals surface area (Å²) in [4.78, 5) is 14.4. The molecule has 1 atom stereocenters. The number of nitrogens with zero attached hydrogens (tertiary/aromatic N) is 1. The van der Waals surface area contributed by atoms with Crippen molar-refractivity contribution in [1.82, 2.24) is 4.90 Å². The number of amides is 1. The van der Waals surface area contributed by atoms with Gasteiger partial charge < -0.3 is 14.4 Å². The third kappa shape index (κ3) is 3.22. The molecule has 0 radical (unpaired) electrons. The normalized spacial score (nSPS) is 17.2. The van der Waals surface area contributed by atoms with Crippen LogP contribution in [-0.2, 0) is 11.3 Å². The summed E-state index contributed by atoms with van der Waals surface area (Å²) < 4.78 is 11.0. The van der Waals surface area contributed by atoms with Crippen molar-refractivity contribution >= 4 is 17.7 Å².